The second kappa shape index (κ2) is 10.1. The van der Waals surface area contributed by atoms with Gasteiger partial charge in [0, 0.05) is 5.69 Å². The van der Waals surface area contributed by atoms with E-state index in [1.165, 1.54) is 0 Å². The number of fused-ring (bicyclic) bond motifs is 1. The summed E-state index contributed by atoms with van der Waals surface area (Å²) in [4.78, 5) is 51.6. The van der Waals surface area contributed by atoms with E-state index in [4.69, 9.17) is 9.47 Å². The highest BCUT2D eigenvalue weighted by Gasteiger charge is 2.43. The number of carbonyl (C=O) groups excluding carboxylic acids is 4. The van der Waals surface area contributed by atoms with Crippen molar-refractivity contribution in [3.8, 4) is 5.75 Å². The number of imide groups is 1. The van der Waals surface area contributed by atoms with Crippen molar-refractivity contribution in [1.82, 2.24) is 4.90 Å². The molecule has 0 saturated heterocycles. The largest absolute Gasteiger partial charge is 0.494 e. The number of rotatable bonds is 9. The highest BCUT2D eigenvalue weighted by atomic mass is 16.5. The molecule has 2 aromatic rings. The molecule has 8 heteroatoms. The van der Waals surface area contributed by atoms with Gasteiger partial charge in [-0.2, -0.15) is 0 Å². The third-order valence-corrected chi connectivity index (χ3v) is 4.90. The van der Waals surface area contributed by atoms with E-state index in [9.17, 15) is 19.2 Å². The zero-order valence-corrected chi connectivity index (χ0v) is 18.3. The average molecular weight is 438 g/mol. The summed E-state index contributed by atoms with van der Waals surface area (Å²) in [6, 6.07) is 12.1. The average Bonchev–Trinajstić information content (AvgIpc) is 3.02. The molecule has 0 unspecified atom stereocenters. The zero-order valence-electron chi connectivity index (χ0n) is 18.3. The Hall–Kier alpha value is -3.68. The van der Waals surface area contributed by atoms with E-state index in [1.807, 2.05) is 20.8 Å². The molecule has 168 valence electrons. The van der Waals surface area contributed by atoms with Gasteiger partial charge in [0.05, 0.1) is 17.7 Å². The summed E-state index contributed by atoms with van der Waals surface area (Å²) in [5.41, 5.74) is 1.04. The first-order valence-electron chi connectivity index (χ1n) is 10.5. The number of hydrogen-bond acceptors (Lipinski definition) is 6. The van der Waals surface area contributed by atoms with E-state index in [1.54, 1.807) is 48.5 Å². The van der Waals surface area contributed by atoms with E-state index in [-0.39, 0.29) is 23.5 Å². The van der Waals surface area contributed by atoms with Crippen molar-refractivity contribution in [2.24, 2.45) is 5.92 Å². The van der Waals surface area contributed by atoms with Gasteiger partial charge in [-0.1, -0.05) is 26.0 Å². The first-order chi connectivity index (χ1) is 15.3. The van der Waals surface area contributed by atoms with E-state index in [0.29, 0.717) is 18.0 Å². The topological polar surface area (TPSA) is 102 Å². The number of ether oxygens (including phenoxy) is 2. The Morgan fingerprint density at radius 2 is 1.56 bits per heavy atom. The molecule has 3 rings (SSSR count). The minimum Gasteiger partial charge on any atom is -0.494 e. The highest BCUT2D eigenvalue weighted by Crippen LogP contribution is 2.27. The summed E-state index contributed by atoms with van der Waals surface area (Å²) in [7, 11) is 0. The fraction of sp³-hybridized carbons (Fsp3) is 0.333. The Bertz CT molecular complexity index is 980. The van der Waals surface area contributed by atoms with Crippen LogP contribution in [0.1, 0.15) is 47.9 Å². The number of esters is 1. The van der Waals surface area contributed by atoms with Gasteiger partial charge in [0.15, 0.2) is 6.61 Å². The van der Waals surface area contributed by atoms with Gasteiger partial charge in [0.25, 0.3) is 17.7 Å². The number of benzene rings is 2. The van der Waals surface area contributed by atoms with Gasteiger partial charge in [-0.15, -0.1) is 0 Å². The fourth-order valence-electron chi connectivity index (χ4n) is 3.48. The summed E-state index contributed by atoms with van der Waals surface area (Å²) in [5.74, 6) is -1.72. The Kier molecular flexibility index (Phi) is 7.25. The molecule has 1 heterocycles. The van der Waals surface area contributed by atoms with Crippen LogP contribution in [-0.2, 0) is 14.3 Å². The van der Waals surface area contributed by atoms with Crippen LogP contribution in [0, 0.1) is 5.92 Å². The van der Waals surface area contributed by atoms with E-state index in [0.717, 1.165) is 4.90 Å². The normalized spacial score (nSPS) is 13.7. The van der Waals surface area contributed by atoms with Crippen LogP contribution >= 0.6 is 0 Å². The lowest BCUT2D eigenvalue weighted by Gasteiger charge is -2.25. The van der Waals surface area contributed by atoms with Crippen LogP contribution in [-0.4, -0.2) is 47.8 Å². The molecule has 3 amide bonds. The SMILES string of the molecule is CCOc1ccc(NC(=O)COC(=O)[C@H](CC(C)C)N2C(=O)c3ccccc3C2=O)cc1. The predicted octanol–water partition coefficient (Wildman–Crippen LogP) is 3.28. The number of nitrogens with one attached hydrogen (secondary N) is 1. The van der Waals surface area contributed by atoms with Crippen LogP contribution in [0.5, 0.6) is 5.75 Å². The number of amides is 3. The molecule has 0 bridgehead atoms. The van der Waals surface area contributed by atoms with Gasteiger partial charge < -0.3 is 14.8 Å². The second-order valence-electron chi connectivity index (χ2n) is 7.78. The van der Waals surface area contributed by atoms with Gasteiger partial charge >= 0.3 is 5.97 Å². The summed E-state index contributed by atoms with van der Waals surface area (Å²) < 4.78 is 10.5. The molecule has 0 radical (unpaired) electrons. The van der Waals surface area contributed by atoms with E-state index >= 15 is 0 Å². The lowest BCUT2D eigenvalue weighted by molar-refractivity contribution is -0.151. The number of carbonyl (C=O) groups is 4. The Morgan fingerprint density at radius 1 is 0.969 bits per heavy atom. The number of hydrogen-bond donors (Lipinski definition) is 1. The minimum atomic E-state index is -1.11. The Balaban J connectivity index is 1.65. The lowest BCUT2D eigenvalue weighted by atomic mass is 10.0. The fourth-order valence-corrected chi connectivity index (χ4v) is 3.48. The smallest absolute Gasteiger partial charge is 0.329 e. The molecule has 0 aromatic heterocycles. The van der Waals surface area contributed by atoms with Crippen LogP contribution in [0.4, 0.5) is 5.69 Å². The summed E-state index contributed by atoms with van der Waals surface area (Å²) in [5, 5.41) is 2.63. The van der Waals surface area contributed by atoms with Crippen LogP contribution < -0.4 is 10.1 Å². The van der Waals surface area contributed by atoms with Gasteiger partial charge in [0.2, 0.25) is 0 Å². The molecule has 1 aliphatic heterocycles. The van der Waals surface area contributed by atoms with Crippen LogP contribution in [0.25, 0.3) is 0 Å². The van der Waals surface area contributed by atoms with Crippen molar-refractivity contribution < 1.29 is 28.7 Å². The molecule has 0 fully saturated rings. The van der Waals surface area contributed by atoms with Crippen LogP contribution in [0.15, 0.2) is 48.5 Å². The standard InChI is InChI=1S/C24H26N2O6/c1-4-31-17-11-9-16(10-12-17)25-21(27)14-32-24(30)20(13-15(2)3)26-22(28)18-7-5-6-8-19(18)23(26)29/h5-12,15,20H,4,13-14H2,1-3H3,(H,25,27)/t20-/m0/s1. The first kappa shape index (κ1) is 23.0. The van der Waals surface area contributed by atoms with Crippen LogP contribution in [0.3, 0.4) is 0 Å². The third kappa shape index (κ3) is 5.14. The van der Waals surface area contributed by atoms with Gasteiger partial charge in [-0.25, -0.2) is 4.79 Å². The van der Waals surface area contributed by atoms with E-state index in [2.05, 4.69) is 5.32 Å². The van der Waals surface area contributed by atoms with Crippen molar-refractivity contribution in [1.29, 1.82) is 0 Å². The molecular weight excluding hydrogens is 412 g/mol. The second-order valence-corrected chi connectivity index (χ2v) is 7.78. The van der Waals surface area contributed by atoms with Crippen molar-refractivity contribution in [2.75, 3.05) is 18.5 Å². The first-order valence-corrected chi connectivity index (χ1v) is 10.5. The maximum atomic E-state index is 12.8. The monoisotopic (exact) mass is 438 g/mol. The van der Waals surface area contributed by atoms with Crippen molar-refractivity contribution in [3.63, 3.8) is 0 Å². The number of nitrogens with zero attached hydrogens (tertiary/aromatic N) is 1. The van der Waals surface area contributed by atoms with Crippen LogP contribution in [0.2, 0.25) is 0 Å². The molecule has 0 spiro atoms. The summed E-state index contributed by atoms with van der Waals surface area (Å²) >= 11 is 0. The maximum Gasteiger partial charge on any atom is 0.329 e. The van der Waals surface area contributed by atoms with Crippen molar-refractivity contribution in [3.05, 3.63) is 59.7 Å². The van der Waals surface area contributed by atoms with Gasteiger partial charge in [-0.05, 0) is 55.7 Å². The zero-order chi connectivity index (χ0) is 23.3. The molecular formula is C24H26N2O6. The third-order valence-electron chi connectivity index (χ3n) is 4.90. The summed E-state index contributed by atoms with van der Waals surface area (Å²) in [6.45, 7) is 5.61. The van der Waals surface area contributed by atoms with Gasteiger partial charge in [-0.3, -0.25) is 19.3 Å². The number of anilines is 1. The quantitative estimate of drug-likeness (QED) is 0.476. The predicted molar refractivity (Wildman–Crippen MR) is 117 cm³/mol. The molecule has 0 saturated carbocycles. The molecule has 1 N–H and O–H groups in total. The highest BCUT2D eigenvalue weighted by molar-refractivity contribution is 6.22. The van der Waals surface area contributed by atoms with Gasteiger partial charge in [0.1, 0.15) is 11.8 Å². The molecule has 2 aromatic carbocycles. The Labute approximate surface area is 186 Å². The van der Waals surface area contributed by atoms with Crippen molar-refractivity contribution >= 4 is 29.4 Å². The molecule has 1 atom stereocenters. The maximum absolute atomic E-state index is 12.8. The van der Waals surface area contributed by atoms with E-state index < -0.39 is 36.3 Å². The summed E-state index contributed by atoms with van der Waals surface area (Å²) in [6.07, 6.45) is 0.227. The minimum absolute atomic E-state index is 0.00884. The molecule has 8 nitrogen and oxygen atoms in total. The molecule has 32 heavy (non-hydrogen) atoms. The lowest BCUT2D eigenvalue weighted by Crippen LogP contribution is -2.46. The van der Waals surface area contributed by atoms with Crippen molar-refractivity contribution in [2.45, 2.75) is 33.2 Å². The Morgan fingerprint density at radius 3 is 2.09 bits per heavy atom. The molecule has 0 aliphatic carbocycles. The molecule has 1 aliphatic rings.